The lowest BCUT2D eigenvalue weighted by Crippen LogP contribution is -2.25. The fourth-order valence-corrected chi connectivity index (χ4v) is 1.36. The highest BCUT2D eigenvalue weighted by Gasteiger charge is 2.18. The Labute approximate surface area is 91.6 Å². The predicted octanol–water partition coefficient (Wildman–Crippen LogP) is -0.505. The molecule has 1 aromatic rings. The van der Waals surface area contributed by atoms with Crippen LogP contribution in [0.2, 0.25) is 0 Å². The van der Waals surface area contributed by atoms with E-state index in [2.05, 4.69) is 4.74 Å². The first-order valence-electron chi connectivity index (χ1n) is 4.53. The number of ether oxygens (including phenoxy) is 1. The second-order valence-electron chi connectivity index (χ2n) is 3.19. The van der Waals surface area contributed by atoms with Gasteiger partial charge in [0, 0.05) is 19.5 Å². The minimum atomic E-state index is -0.662. The highest BCUT2D eigenvalue weighted by molar-refractivity contribution is 5.96. The lowest BCUT2D eigenvalue weighted by atomic mass is 10.1. The summed E-state index contributed by atoms with van der Waals surface area (Å²) in [6.07, 6.45) is 0.547. The molecule has 0 aliphatic heterocycles. The number of pyridine rings is 1. The molecule has 16 heavy (non-hydrogen) atoms. The van der Waals surface area contributed by atoms with Crippen molar-refractivity contribution < 1.29 is 14.3 Å². The summed E-state index contributed by atoms with van der Waals surface area (Å²) in [5.41, 5.74) is 5.61. The van der Waals surface area contributed by atoms with Crippen LogP contribution < -0.4 is 11.3 Å². The van der Waals surface area contributed by atoms with Crippen LogP contribution in [0.4, 0.5) is 5.82 Å². The number of carbonyl (C=O) groups is 2. The molecule has 6 heteroatoms. The molecule has 0 bridgehead atoms. The number of rotatable bonds is 3. The van der Waals surface area contributed by atoms with Gasteiger partial charge in [0.2, 0.25) is 0 Å². The summed E-state index contributed by atoms with van der Waals surface area (Å²) in [5.74, 6) is -0.666. The summed E-state index contributed by atoms with van der Waals surface area (Å²) >= 11 is 0. The molecule has 0 unspecified atom stereocenters. The number of hydrogen-bond donors (Lipinski definition) is 1. The molecule has 0 aromatic carbocycles. The summed E-state index contributed by atoms with van der Waals surface area (Å²) in [6, 6.07) is 1.21. The molecule has 1 heterocycles. The number of hydrogen-bond acceptors (Lipinski definition) is 5. The summed E-state index contributed by atoms with van der Waals surface area (Å²) in [7, 11) is 2.65. The Morgan fingerprint density at radius 2 is 2.25 bits per heavy atom. The molecule has 0 amide bonds. The Morgan fingerprint density at radius 3 is 2.75 bits per heavy atom. The second-order valence-corrected chi connectivity index (χ2v) is 3.19. The van der Waals surface area contributed by atoms with E-state index in [-0.39, 0.29) is 28.9 Å². The van der Waals surface area contributed by atoms with Crippen molar-refractivity contribution in [2.24, 2.45) is 7.05 Å². The van der Waals surface area contributed by atoms with Crippen molar-refractivity contribution in [3.63, 3.8) is 0 Å². The molecule has 0 aliphatic carbocycles. The van der Waals surface area contributed by atoms with E-state index in [0.29, 0.717) is 6.29 Å². The van der Waals surface area contributed by atoms with Gasteiger partial charge in [-0.2, -0.15) is 0 Å². The van der Waals surface area contributed by atoms with Crippen LogP contribution in [0.5, 0.6) is 0 Å². The molecule has 6 nitrogen and oxygen atoms in total. The van der Waals surface area contributed by atoms with Gasteiger partial charge in [-0.25, -0.2) is 4.79 Å². The van der Waals surface area contributed by atoms with Crippen molar-refractivity contribution in [3.8, 4) is 0 Å². The van der Waals surface area contributed by atoms with Gasteiger partial charge in [0.05, 0.1) is 7.11 Å². The van der Waals surface area contributed by atoms with E-state index in [9.17, 15) is 14.4 Å². The minimum Gasteiger partial charge on any atom is -0.465 e. The van der Waals surface area contributed by atoms with Crippen molar-refractivity contribution in [2.45, 2.75) is 6.42 Å². The van der Waals surface area contributed by atoms with E-state index in [1.165, 1.54) is 20.2 Å². The molecule has 0 radical (unpaired) electrons. The number of nitrogen functional groups attached to an aromatic ring is 1. The van der Waals surface area contributed by atoms with Crippen molar-refractivity contribution >= 4 is 18.1 Å². The SMILES string of the molecule is COC(=O)c1c(CC=O)cc(=O)n(C)c1N. The van der Waals surface area contributed by atoms with Gasteiger partial charge in [0.15, 0.2) is 0 Å². The molecule has 2 N–H and O–H groups in total. The van der Waals surface area contributed by atoms with E-state index in [1.54, 1.807) is 0 Å². The summed E-state index contributed by atoms with van der Waals surface area (Å²) in [4.78, 5) is 33.3. The lowest BCUT2D eigenvalue weighted by Gasteiger charge is -2.11. The Morgan fingerprint density at radius 1 is 1.62 bits per heavy atom. The average Bonchev–Trinajstić information content (AvgIpc) is 2.26. The largest absolute Gasteiger partial charge is 0.465 e. The van der Waals surface area contributed by atoms with Gasteiger partial charge in [0.1, 0.15) is 17.7 Å². The zero-order valence-electron chi connectivity index (χ0n) is 9.02. The van der Waals surface area contributed by atoms with E-state index >= 15 is 0 Å². The number of nitrogens with zero attached hydrogens (tertiary/aromatic N) is 1. The zero-order valence-corrected chi connectivity index (χ0v) is 9.02. The second kappa shape index (κ2) is 4.61. The third-order valence-electron chi connectivity index (χ3n) is 2.26. The van der Waals surface area contributed by atoms with E-state index in [0.717, 1.165) is 4.57 Å². The Hall–Kier alpha value is -2.11. The lowest BCUT2D eigenvalue weighted by molar-refractivity contribution is -0.107. The van der Waals surface area contributed by atoms with Gasteiger partial charge in [-0.15, -0.1) is 0 Å². The molecule has 0 fully saturated rings. The molecule has 86 valence electrons. The maximum absolute atomic E-state index is 11.5. The van der Waals surface area contributed by atoms with Gasteiger partial charge in [-0.3, -0.25) is 9.36 Å². The Bertz CT molecular complexity index is 490. The van der Waals surface area contributed by atoms with Crippen molar-refractivity contribution in [2.75, 3.05) is 12.8 Å². The first kappa shape index (κ1) is 12.0. The third-order valence-corrected chi connectivity index (χ3v) is 2.26. The average molecular weight is 224 g/mol. The number of nitrogens with two attached hydrogens (primary N) is 1. The summed E-state index contributed by atoms with van der Waals surface area (Å²) in [6.45, 7) is 0. The van der Waals surface area contributed by atoms with Crippen LogP contribution in [0.15, 0.2) is 10.9 Å². The zero-order chi connectivity index (χ0) is 12.3. The monoisotopic (exact) mass is 224 g/mol. The van der Waals surface area contributed by atoms with E-state index in [4.69, 9.17) is 5.73 Å². The molecular formula is C10H12N2O4. The maximum Gasteiger partial charge on any atom is 0.341 e. The van der Waals surface area contributed by atoms with Gasteiger partial charge in [0.25, 0.3) is 5.56 Å². The fraction of sp³-hybridized carbons (Fsp3) is 0.300. The summed E-state index contributed by atoms with van der Waals surface area (Å²) < 4.78 is 5.67. The van der Waals surface area contributed by atoms with Crippen LogP contribution in [-0.2, 0) is 23.0 Å². The number of anilines is 1. The van der Waals surface area contributed by atoms with Crippen LogP contribution in [0, 0.1) is 0 Å². The smallest absolute Gasteiger partial charge is 0.341 e. The number of aldehydes is 1. The highest BCUT2D eigenvalue weighted by atomic mass is 16.5. The normalized spacial score (nSPS) is 9.88. The van der Waals surface area contributed by atoms with Gasteiger partial charge in [-0.05, 0) is 5.56 Å². The van der Waals surface area contributed by atoms with Gasteiger partial charge >= 0.3 is 5.97 Å². The molecule has 0 saturated heterocycles. The Balaban J connectivity index is 3.53. The van der Waals surface area contributed by atoms with E-state index < -0.39 is 5.97 Å². The number of carbonyl (C=O) groups excluding carboxylic acids is 2. The number of aromatic nitrogens is 1. The third kappa shape index (κ3) is 1.95. The molecule has 1 rings (SSSR count). The minimum absolute atomic E-state index is 0.00352. The van der Waals surface area contributed by atoms with Crippen LogP contribution in [-0.4, -0.2) is 23.9 Å². The Kier molecular flexibility index (Phi) is 3.44. The highest BCUT2D eigenvalue weighted by Crippen LogP contribution is 2.15. The molecule has 1 aromatic heterocycles. The summed E-state index contributed by atoms with van der Waals surface area (Å²) in [5, 5.41) is 0. The number of esters is 1. The maximum atomic E-state index is 11.5. The van der Waals surface area contributed by atoms with Crippen molar-refractivity contribution in [3.05, 3.63) is 27.5 Å². The molecule has 0 atom stereocenters. The first-order chi connectivity index (χ1) is 7.52. The van der Waals surface area contributed by atoms with Crippen LogP contribution in [0.3, 0.4) is 0 Å². The van der Waals surface area contributed by atoms with Crippen LogP contribution >= 0.6 is 0 Å². The quantitative estimate of drug-likeness (QED) is 0.551. The van der Waals surface area contributed by atoms with E-state index in [1.807, 2.05) is 0 Å². The van der Waals surface area contributed by atoms with Crippen LogP contribution in [0.1, 0.15) is 15.9 Å². The standard InChI is InChI=1S/C10H12N2O4/c1-12-7(14)5-6(3-4-13)8(9(12)11)10(15)16-2/h4-5H,3,11H2,1-2H3. The van der Waals surface area contributed by atoms with Crippen LogP contribution in [0.25, 0.3) is 0 Å². The van der Waals surface area contributed by atoms with Crippen molar-refractivity contribution in [1.82, 2.24) is 4.57 Å². The number of methoxy groups -OCH3 is 1. The topological polar surface area (TPSA) is 91.4 Å². The van der Waals surface area contributed by atoms with Crippen molar-refractivity contribution in [1.29, 1.82) is 0 Å². The molecule has 0 aliphatic rings. The van der Waals surface area contributed by atoms with Gasteiger partial charge in [-0.1, -0.05) is 0 Å². The first-order valence-corrected chi connectivity index (χ1v) is 4.53. The predicted molar refractivity (Wildman–Crippen MR) is 57.2 cm³/mol. The molecular weight excluding hydrogens is 212 g/mol. The molecule has 0 saturated carbocycles. The fourth-order valence-electron chi connectivity index (χ4n) is 1.36. The molecule has 0 spiro atoms. The van der Waals surface area contributed by atoms with Gasteiger partial charge < -0.3 is 15.3 Å².